The SMILES string of the molecule is Cc1nc(C(=O)Nc2ccc(F)c(C3(C)N=C(N)COCC3(F)F)c2)c(C(F)(F)F)o1. The Morgan fingerprint density at radius 2 is 1.97 bits per heavy atom. The van der Waals surface area contributed by atoms with Gasteiger partial charge in [-0.2, -0.15) is 13.2 Å². The number of hydrogen-bond acceptors (Lipinski definition) is 6. The normalized spacial score (nSPS) is 21.4. The summed E-state index contributed by atoms with van der Waals surface area (Å²) in [6.45, 7) is 0.550. The van der Waals surface area contributed by atoms with Gasteiger partial charge in [0.15, 0.2) is 17.1 Å². The molecule has 2 heterocycles. The summed E-state index contributed by atoms with van der Waals surface area (Å²) in [5, 5.41) is 2.08. The number of halogens is 6. The van der Waals surface area contributed by atoms with Gasteiger partial charge >= 0.3 is 6.18 Å². The number of amides is 1. The summed E-state index contributed by atoms with van der Waals surface area (Å²) in [5.74, 6) is -8.45. The maximum atomic E-state index is 14.7. The van der Waals surface area contributed by atoms with Crippen molar-refractivity contribution in [3.63, 3.8) is 0 Å². The molecule has 1 aromatic heterocycles. The molecule has 31 heavy (non-hydrogen) atoms. The summed E-state index contributed by atoms with van der Waals surface area (Å²) in [4.78, 5) is 19.5. The van der Waals surface area contributed by atoms with Crippen molar-refractivity contribution >= 4 is 17.4 Å². The number of rotatable bonds is 3. The first-order valence-corrected chi connectivity index (χ1v) is 8.70. The van der Waals surface area contributed by atoms with Gasteiger partial charge in [-0.25, -0.2) is 18.2 Å². The fraction of sp³-hybridized carbons (Fsp3) is 0.389. The monoisotopic (exact) mass is 450 g/mol. The van der Waals surface area contributed by atoms with Gasteiger partial charge in [0.25, 0.3) is 11.8 Å². The van der Waals surface area contributed by atoms with E-state index in [0.717, 1.165) is 32.0 Å². The van der Waals surface area contributed by atoms with Gasteiger partial charge in [-0.3, -0.25) is 9.79 Å². The number of aliphatic imine (C=N–C) groups is 1. The van der Waals surface area contributed by atoms with Crippen molar-refractivity contribution in [3.8, 4) is 0 Å². The van der Waals surface area contributed by atoms with Crippen LogP contribution in [0.25, 0.3) is 0 Å². The van der Waals surface area contributed by atoms with Gasteiger partial charge in [0, 0.05) is 18.2 Å². The number of oxazole rings is 1. The van der Waals surface area contributed by atoms with E-state index in [4.69, 9.17) is 10.5 Å². The molecular formula is C18H16F6N4O3. The fourth-order valence-electron chi connectivity index (χ4n) is 3.02. The van der Waals surface area contributed by atoms with Crippen molar-refractivity contribution in [2.75, 3.05) is 18.5 Å². The third-order valence-corrected chi connectivity index (χ3v) is 4.57. The van der Waals surface area contributed by atoms with Crippen LogP contribution in [-0.2, 0) is 16.5 Å². The summed E-state index contributed by atoms with van der Waals surface area (Å²) in [5.41, 5.74) is 1.08. The Hall–Kier alpha value is -3.09. The smallest absolute Gasteiger partial charge is 0.436 e. The number of nitrogens with zero attached hydrogens (tertiary/aromatic N) is 2. The van der Waals surface area contributed by atoms with E-state index in [9.17, 15) is 31.1 Å². The Kier molecular flexibility index (Phi) is 5.50. The van der Waals surface area contributed by atoms with Crippen molar-refractivity contribution in [2.45, 2.75) is 31.5 Å². The van der Waals surface area contributed by atoms with Gasteiger partial charge in [-0.05, 0) is 25.1 Å². The average molecular weight is 450 g/mol. The Morgan fingerprint density at radius 3 is 2.61 bits per heavy atom. The molecule has 3 rings (SSSR count). The highest BCUT2D eigenvalue weighted by Crippen LogP contribution is 2.44. The number of amidine groups is 1. The highest BCUT2D eigenvalue weighted by molar-refractivity contribution is 6.03. The van der Waals surface area contributed by atoms with E-state index in [1.54, 1.807) is 0 Å². The minimum absolute atomic E-state index is 0.272. The van der Waals surface area contributed by atoms with E-state index in [0.29, 0.717) is 0 Å². The zero-order valence-corrected chi connectivity index (χ0v) is 16.1. The van der Waals surface area contributed by atoms with Crippen LogP contribution in [0.1, 0.15) is 34.6 Å². The van der Waals surface area contributed by atoms with Crippen LogP contribution in [0.5, 0.6) is 0 Å². The summed E-state index contributed by atoms with van der Waals surface area (Å²) < 4.78 is 92.3. The van der Waals surface area contributed by atoms with Gasteiger partial charge < -0.3 is 20.2 Å². The van der Waals surface area contributed by atoms with Crippen molar-refractivity contribution < 1.29 is 40.3 Å². The van der Waals surface area contributed by atoms with Crippen LogP contribution in [0.4, 0.5) is 32.0 Å². The van der Waals surface area contributed by atoms with Gasteiger partial charge in [0.1, 0.15) is 24.9 Å². The Balaban J connectivity index is 2.01. The molecule has 0 bridgehead atoms. The predicted octanol–water partition coefficient (Wildman–Crippen LogP) is 3.63. The predicted molar refractivity (Wildman–Crippen MR) is 95.3 cm³/mol. The molecule has 0 fully saturated rings. The minimum Gasteiger partial charge on any atom is -0.436 e. The van der Waals surface area contributed by atoms with Crippen LogP contribution in [-0.4, -0.2) is 35.9 Å². The topological polar surface area (TPSA) is 103 Å². The largest absolute Gasteiger partial charge is 0.452 e. The van der Waals surface area contributed by atoms with E-state index in [1.807, 2.05) is 0 Å². The molecule has 1 atom stereocenters. The van der Waals surface area contributed by atoms with Gasteiger partial charge in [-0.1, -0.05) is 0 Å². The number of benzene rings is 1. The molecule has 0 saturated carbocycles. The van der Waals surface area contributed by atoms with Crippen LogP contribution < -0.4 is 11.1 Å². The quantitative estimate of drug-likeness (QED) is 0.696. The summed E-state index contributed by atoms with van der Waals surface area (Å²) in [7, 11) is 0. The molecule has 0 spiro atoms. The number of aromatic nitrogens is 1. The molecule has 13 heteroatoms. The third-order valence-electron chi connectivity index (χ3n) is 4.57. The van der Waals surface area contributed by atoms with E-state index in [-0.39, 0.29) is 11.5 Å². The van der Waals surface area contributed by atoms with Gasteiger partial charge in [0.05, 0.1) is 0 Å². The summed E-state index contributed by atoms with van der Waals surface area (Å²) in [6.07, 6.45) is -5.00. The van der Waals surface area contributed by atoms with E-state index < -0.39 is 65.5 Å². The first-order valence-electron chi connectivity index (χ1n) is 8.70. The Bertz CT molecular complexity index is 1050. The van der Waals surface area contributed by atoms with E-state index >= 15 is 0 Å². The first-order chi connectivity index (χ1) is 14.2. The maximum Gasteiger partial charge on any atom is 0.452 e. The van der Waals surface area contributed by atoms with Crippen molar-refractivity contribution in [2.24, 2.45) is 10.7 Å². The number of nitrogens with one attached hydrogen (secondary N) is 1. The molecule has 0 saturated heterocycles. The molecule has 2 aromatic rings. The Labute approximate surface area is 171 Å². The highest BCUT2D eigenvalue weighted by Gasteiger charge is 2.54. The minimum atomic E-state index is -5.00. The van der Waals surface area contributed by atoms with Crippen LogP contribution in [0, 0.1) is 12.7 Å². The van der Waals surface area contributed by atoms with Crippen molar-refractivity contribution in [1.29, 1.82) is 0 Å². The summed E-state index contributed by atoms with van der Waals surface area (Å²) >= 11 is 0. The zero-order valence-electron chi connectivity index (χ0n) is 16.1. The lowest BCUT2D eigenvalue weighted by Gasteiger charge is -2.33. The van der Waals surface area contributed by atoms with Gasteiger partial charge in [0.2, 0.25) is 5.76 Å². The van der Waals surface area contributed by atoms with E-state index in [1.165, 1.54) is 0 Å². The number of nitrogens with two attached hydrogens (primary N) is 1. The van der Waals surface area contributed by atoms with Crippen LogP contribution >= 0.6 is 0 Å². The molecule has 1 aliphatic rings. The molecule has 1 aliphatic heterocycles. The lowest BCUT2D eigenvalue weighted by Crippen LogP contribution is -2.45. The second-order valence-electron chi connectivity index (χ2n) is 6.93. The number of alkyl halides is 5. The Morgan fingerprint density at radius 1 is 1.29 bits per heavy atom. The zero-order chi connectivity index (χ0) is 23.2. The lowest BCUT2D eigenvalue weighted by atomic mass is 9.85. The standard InChI is InChI=1S/C18H16F6N4O3/c1-8-26-13(14(31-8)18(22,23)24)15(29)27-9-3-4-11(19)10(5-9)16(2)17(20,21)7-30-6-12(25)28-16/h3-5H,6-7H2,1-2H3,(H2,25,28)(H,27,29). The van der Waals surface area contributed by atoms with Crippen molar-refractivity contribution in [1.82, 2.24) is 4.98 Å². The molecule has 0 radical (unpaired) electrons. The number of hydrogen-bond donors (Lipinski definition) is 2. The van der Waals surface area contributed by atoms with E-state index in [2.05, 4.69) is 19.7 Å². The first kappa shape index (κ1) is 22.6. The van der Waals surface area contributed by atoms with Crippen LogP contribution in [0.3, 0.4) is 0 Å². The lowest BCUT2D eigenvalue weighted by molar-refractivity contribution is -0.153. The average Bonchev–Trinajstić information content (AvgIpc) is 3.00. The van der Waals surface area contributed by atoms with Gasteiger partial charge in [-0.15, -0.1) is 0 Å². The number of anilines is 1. The fourth-order valence-corrected chi connectivity index (χ4v) is 3.02. The highest BCUT2D eigenvalue weighted by atomic mass is 19.4. The molecule has 1 amide bonds. The number of carbonyl (C=O) groups excluding carboxylic acids is 1. The number of ether oxygens (including phenoxy) is 1. The molecular weight excluding hydrogens is 434 g/mol. The second-order valence-corrected chi connectivity index (χ2v) is 6.93. The van der Waals surface area contributed by atoms with Crippen molar-refractivity contribution in [3.05, 3.63) is 46.9 Å². The molecule has 0 aliphatic carbocycles. The van der Waals surface area contributed by atoms with Crippen LogP contribution in [0.2, 0.25) is 0 Å². The number of aryl methyl sites for hydroxylation is 1. The molecule has 7 nitrogen and oxygen atoms in total. The molecule has 1 unspecified atom stereocenters. The third kappa shape index (κ3) is 4.22. The maximum absolute atomic E-state index is 14.7. The molecule has 3 N–H and O–H groups in total. The molecule has 1 aromatic carbocycles. The molecule has 168 valence electrons. The number of carbonyl (C=O) groups is 1. The summed E-state index contributed by atoms with van der Waals surface area (Å²) in [6, 6.07) is 2.59. The second kappa shape index (κ2) is 7.55. The van der Waals surface area contributed by atoms with Crippen LogP contribution in [0.15, 0.2) is 27.6 Å².